The van der Waals surface area contributed by atoms with E-state index in [1.807, 2.05) is 19.5 Å². The minimum atomic E-state index is -0.0880. The molecule has 0 radical (unpaired) electrons. The molecule has 1 saturated carbocycles. The summed E-state index contributed by atoms with van der Waals surface area (Å²) in [6.45, 7) is 2.35. The Morgan fingerprint density at radius 1 is 1.19 bits per heavy atom. The Bertz CT molecular complexity index is 1180. The van der Waals surface area contributed by atoms with E-state index >= 15 is 0 Å². The number of allylic oxidation sites excluding steroid dienone is 4. The lowest BCUT2D eigenvalue weighted by molar-refractivity contribution is -0.116. The highest BCUT2D eigenvalue weighted by Crippen LogP contribution is 2.60. The molecular weight excluding hydrogens is 386 g/mol. The van der Waals surface area contributed by atoms with Crippen LogP contribution in [0.4, 0.5) is 0 Å². The number of hydrogen-bond donors (Lipinski definition) is 0. The van der Waals surface area contributed by atoms with Gasteiger partial charge in [0, 0.05) is 55.0 Å². The fourth-order valence-electron chi connectivity index (χ4n) is 6.37. The van der Waals surface area contributed by atoms with Gasteiger partial charge in [-0.1, -0.05) is 31.2 Å². The van der Waals surface area contributed by atoms with Crippen molar-refractivity contribution in [1.29, 1.82) is 0 Å². The van der Waals surface area contributed by atoms with Crippen LogP contribution in [0.1, 0.15) is 44.1 Å². The SMILES string of the molecule is CO[C@@H]1C[C@H]2[C@@H]3OC4=C(C=C3C=C[C@]2(C)[C@H]1c1ccc2ccncc2c1)C(=O)CCC4. The summed E-state index contributed by atoms with van der Waals surface area (Å²) in [5.74, 6) is 1.65. The van der Waals surface area contributed by atoms with E-state index in [0.717, 1.165) is 41.6 Å². The first kappa shape index (κ1) is 19.0. The maximum absolute atomic E-state index is 12.4. The topological polar surface area (TPSA) is 48.4 Å². The van der Waals surface area contributed by atoms with Crippen molar-refractivity contribution >= 4 is 16.6 Å². The lowest BCUT2D eigenvalue weighted by atomic mass is 9.64. The lowest BCUT2D eigenvalue weighted by Gasteiger charge is -2.44. The van der Waals surface area contributed by atoms with Gasteiger partial charge < -0.3 is 9.47 Å². The second kappa shape index (κ2) is 6.89. The highest BCUT2D eigenvalue weighted by Gasteiger charge is 2.57. The fraction of sp³-hybridized carbons (Fsp3) is 0.407. The van der Waals surface area contributed by atoms with Crippen LogP contribution in [-0.2, 0) is 14.3 Å². The van der Waals surface area contributed by atoms with Gasteiger partial charge in [0.05, 0.1) is 11.7 Å². The van der Waals surface area contributed by atoms with E-state index in [0.29, 0.717) is 12.3 Å². The molecular formula is C27H27NO3. The van der Waals surface area contributed by atoms with E-state index in [-0.39, 0.29) is 29.3 Å². The van der Waals surface area contributed by atoms with E-state index in [2.05, 4.69) is 54.4 Å². The molecule has 0 bridgehead atoms. The van der Waals surface area contributed by atoms with Crippen LogP contribution >= 0.6 is 0 Å². The van der Waals surface area contributed by atoms with E-state index in [1.54, 1.807) is 0 Å². The molecule has 1 aromatic heterocycles. The molecule has 2 aromatic rings. The molecule has 1 aromatic carbocycles. The summed E-state index contributed by atoms with van der Waals surface area (Å²) in [5.41, 5.74) is 3.13. The molecule has 3 aliphatic carbocycles. The second-order valence-corrected chi connectivity index (χ2v) is 9.57. The van der Waals surface area contributed by atoms with Crippen molar-refractivity contribution in [3.63, 3.8) is 0 Å². The van der Waals surface area contributed by atoms with Crippen LogP contribution in [0.3, 0.4) is 0 Å². The number of carbonyl (C=O) groups excluding carboxylic acids is 1. The molecule has 6 rings (SSSR count). The van der Waals surface area contributed by atoms with Crippen molar-refractivity contribution in [1.82, 2.24) is 4.98 Å². The normalized spacial score (nSPS) is 34.1. The monoisotopic (exact) mass is 413 g/mol. The number of rotatable bonds is 2. The Hall–Kier alpha value is -2.72. The summed E-state index contributed by atoms with van der Waals surface area (Å²) < 4.78 is 12.6. The van der Waals surface area contributed by atoms with Gasteiger partial charge in [-0.25, -0.2) is 0 Å². The first-order valence-electron chi connectivity index (χ1n) is 11.3. The molecule has 4 aliphatic rings. The molecule has 0 spiro atoms. The van der Waals surface area contributed by atoms with E-state index in [4.69, 9.17) is 9.47 Å². The van der Waals surface area contributed by atoms with Gasteiger partial charge in [0.25, 0.3) is 0 Å². The third-order valence-electron chi connectivity index (χ3n) is 7.97. The van der Waals surface area contributed by atoms with Crippen LogP contribution < -0.4 is 0 Å². The molecule has 0 N–H and O–H groups in total. The predicted octanol–water partition coefficient (Wildman–Crippen LogP) is 5.26. The highest BCUT2D eigenvalue weighted by atomic mass is 16.5. The number of Topliss-reactive ketones (excluding diaryl/α,β-unsaturated/α-hetero) is 1. The van der Waals surface area contributed by atoms with E-state index in [1.165, 1.54) is 10.9 Å². The van der Waals surface area contributed by atoms with Crippen LogP contribution in [0.15, 0.2) is 71.8 Å². The molecule has 1 fully saturated rings. The molecule has 1 aliphatic heterocycles. The standard InChI is InChI=1S/C27H27NO3/c1-27-10-8-18-13-20-22(29)4-3-5-23(20)31-26(18)21(27)14-24(30-2)25(27)17-7-6-16-9-11-28-15-19(16)12-17/h6-13,15,21,24-26H,3-5,14H2,1-2H3/t21-,24+,25-,26+,27-/m0/s1. The van der Waals surface area contributed by atoms with Crippen molar-refractivity contribution in [3.05, 3.63) is 77.4 Å². The van der Waals surface area contributed by atoms with Crippen molar-refractivity contribution in [2.45, 2.75) is 50.7 Å². The summed E-state index contributed by atoms with van der Waals surface area (Å²) in [6.07, 6.45) is 13.8. The number of ketones is 1. The zero-order valence-electron chi connectivity index (χ0n) is 18.0. The number of methoxy groups -OCH3 is 1. The van der Waals surface area contributed by atoms with Crippen LogP contribution in [-0.4, -0.2) is 30.1 Å². The third-order valence-corrected chi connectivity index (χ3v) is 7.97. The second-order valence-electron chi connectivity index (χ2n) is 9.57. The summed E-state index contributed by atoms with van der Waals surface area (Å²) >= 11 is 0. The molecule has 158 valence electrons. The Kier molecular flexibility index (Phi) is 4.23. The van der Waals surface area contributed by atoms with Crippen molar-refractivity contribution in [3.8, 4) is 0 Å². The van der Waals surface area contributed by atoms with Gasteiger partial charge in [-0.2, -0.15) is 0 Å². The first-order valence-corrected chi connectivity index (χ1v) is 11.3. The highest BCUT2D eigenvalue weighted by molar-refractivity contribution is 5.99. The summed E-state index contributed by atoms with van der Waals surface area (Å²) in [4.78, 5) is 16.7. The average Bonchev–Trinajstić information content (AvgIpc) is 3.11. The minimum Gasteiger partial charge on any atom is -0.489 e. The molecule has 0 amide bonds. The Morgan fingerprint density at radius 2 is 2.10 bits per heavy atom. The van der Waals surface area contributed by atoms with Crippen LogP contribution in [0.5, 0.6) is 0 Å². The maximum Gasteiger partial charge on any atom is 0.166 e. The van der Waals surface area contributed by atoms with Crippen molar-refractivity contribution in [2.75, 3.05) is 7.11 Å². The number of ether oxygens (including phenoxy) is 2. The minimum absolute atomic E-state index is 0.00979. The van der Waals surface area contributed by atoms with Crippen LogP contribution in [0.2, 0.25) is 0 Å². The summed E-state index contributed by atoms with van der Waals surface area (Å²) in [7, 11) is 1.82. The Balaban J connectivity index is 1.43. The largest absolute Gasteiger partial charge is 0.489 e. The number of nitrogens with zero attached hydrogens (tertiary/aromatic N) is 1. The van der Waals surface area contributed by atoms with Crippen LogP contribution in [0, 0.1) is 11.3 Å². The zero-order chi connectivity index (χ0) is 21.2. The Morgan fingerprint density at radius 3 is 2.97 bits per heavy atom. The molecule has 4 heteroatoms. The number of hydrogen-bond acceptors (Lipinski definition) is 4. The quantitative estimate of drug-likeness (QED) is 0.674. The van der Waals surface area contributed by atoms with Gasteiger partial charge in [-0.05, 0) is 47.6 Å². The van der Waals surface area contributed by atoms with Gasteiger partial charge >= 0.3 is 0 Å². The van der Waals surface area contributed by atoms with Crippen LogP contribution in [0.25, 0.3) is 10.8 Å². The van der Waals surface area contributed by atoms with Gasteiger partial charge in [-0.3, -0.25) is 9.78 Å². The smallest absolute Gasteiger partial charge is 0.166 e. The lowest BCUT2D eigenvalue weighted by Crippen LogP contribution is -2.41. The number of fused-ring (bicyclic) bond motifs is 4. The zero-order valence-corrected chi connectivity index (χ0v) is 18.0. The van der Waals surface area contributed by atoms with Crippen molar-refractivity contribution in [2.24, 2.45) is 11.3 Å². The summed E-state index contributed by atoms with van der Waals surface area (Å²) in [5, 5.41) is 2.36. The van der Waals surface area contributed by atoms with Gasteiger partial charge in [-0.15, -0.1) is 0 Å². The third kappa shape index (κ3) is 2.77. The molecule has 0 saturated heterocycles. The number of aromatic nitrogens is 1. The molecule has 4 nitrogen and oxygen atoms in total. The average molecular weight is 414 g/mol. The Labute approximate surface area is 182 Å². The van der Waals surface area contributed by atoms with Gasteiger partial charge in [0.1, 0.15) is 11.9 Å². The summed E-state index contributed by atoms with van der Waals surface area (Å²) in [6, 6.07) is 8.76. The number of pyridine rings is 1. The van der Waals surface area contributed by atoms with Gasteiger partial charge in [0.2, 0.25) is 0 Å². The predicted molar refractivity (Wildman–Crippen MR) is 119 cm³/mol. The number of benzene rings is 1. The molecule has 31 heavy (non-hydrogen) atoms. The fourth-order valence-corrected chi connectivity index (χ4v) is 6.37. The molecule has 2 heterocycles. The van der Waals surface area contributed by atoms with Gasteiger partial charge in [0.15, 0.2) is 5.78 Å². The van der Waals surface area contributed by atoms with E-state index in [9.17, 15) is 4.79 Å². The molecule has 5 atom stereocenters. The molecule has 0 unspecified atom stereocenters. The number of carbonyl (C=O) groups is 1. The van der Waals surface area contributed by atoms with E-state index < -0.39 is 0 Å². The van der Waals surface area contributed by atoms with Crippen molar-refractivity contribution < 1.29 is 14.3 Å². The first-order chi connectivity index (χ1) is 15.1. The maximum atomic E-state index is 12.4.